The maximum absolute atomic E-state index is 14.3. The SMILES string of the molecule is CCOC(=O)NC(=O)C1CCSC1NC(=O)C1C(F)CCC(C)C1F. The summed E-state index contributed by atoms with van der Waals surface area (Å²) in [5, 5.41) is 4.10. The molecule has 2 N–H and O–H groups in total. The molecule has 0 spiro atoms. The maximum atomic E-state index is 14.3. The summed E-state index contributed by atoms with van der Waals surface area (Å²) in [6, 6.07) is 0. The Labute approximate surface area is 149 Å². The Morgan fingerprint density at radius 3 is 2.56 bits per heavy atom. The number of ether oxygens (including phenoxy) is 1. The molecule has 1 aliphatic carbocycles. The standard InChI is InChI=1S/C16H24F2N2O4S/c1-3-24-16(23)20-13(21)9-6-7-25-15(9)19-14(22)11-10(17)5-4-8(2)12(11)18/h8-12,15H,3-7H2,1-2H3,(H,19,22)(H,20,21,23). The van der Waals surface area contributed by atoms with Crippen LogP contribution in [0.4, 0.5) is 13.6 Å². The van der Waals surface area contributed by atoms with Crippen LogP contribution in [-0.2, 0) is 14.3 Å². The number of carbonyl (C=O) groups excluding carboxylic acids is 3. The van der Waals surface area contributed by atoms with E-state index >= 15 is 0 Å². The molecule has 2 fully saturated rings. The second-order valence-corrected chi connectivity index (χ2v) is 7.70. The van der Waals surface area contributed by atoms with Gasteiger partial charge in [0, 0.05) is 0 Å². The first-order valence-electron chi connectivity index (χ1n) is 8.52. The number of thioether (sulfide) groups is 1. The van der Waals surface area contributed by atoms with Gasteiger partial charge in [-0.25, -0.2) is 13.6 Å². The molecule has 1 aliphatic heterocycles. The van der Waals surface area contributed by atoms with Crippen molar-refractivity contribution in [3.05, 3.63) is 0 Å². The minimum Gasteiger partial charge on any atom is -0.450 e. The Morgan fingerprint density at radius 1 is 1.16 bits per heavy atom. The van der Waals surface area contributed by atoms with Gasteiger partial charge >= 0.3 is 6.09 Å². The molecule has 2 rings (SSSR count). The Hall–Kier alpha value is -1.38. The fraction of sp³-hybridized carbons (Fsp3) is 0.812. The first kappa shape index (κ1) is 19.9. The van der Waals surface area contributed by atoms with E-state index in [0.29, 0.717) is 18.6 Å². The van der Waals surface area contributed by atoms with Gasteiger partial charge in [-0.3, -0.25) is 14.9 Å². The van der Waals surface area contributed by atoms with Crippen LogP contribution in [0.5, 0.6) is 0 Å². The summed E-state index contributed by atoms with van der Waals surface area (Å²) in [6.45, 7) is 3.41. The van der Waals surface area contributed by atoms with E-state index in [1.807, 2.05) is 0 Å². The van der Waals surface area contributed by atoms with Gasteiger partial charge in [-0.05, 0) is 37.9 Å². The van der Waals surface area contributed by atoms with E-state index in [1.165, 1.54) is 11.8 Å². The Kier molecular flexibility index (Phi) is 7.04. The van der Waals surface area contributed by atoms with Crippen molar-refractivity contribution in [2.24, 2.45) is 17.8 Å². The summed E-state index contributed by atoms with van der Waals surface area (Å²) in [5.74, 6) is -3.03. The van der Waals surface area contributed by atoms with Crippen molar-refractivity contribution in [2.45, 2.75) is 50.8 Å². The largest absolute Gasteiger partial charge is 0.450 e. The Balaban J connectivity index is 1.97. The monoisotopic (exact) mass is 378 g/mol. The van der Waals surface area contributed by atoms with Crippen molar-refractivity contribution in [1.82, 2.24) is 10.6 Å². The molecule has 0 bridgehead atoms. The van der Waals surface area contributed by atoms with E-state index in [-0.39, 0.29) is 18.9 Å². The van der Waals surface area contributed by atoms with Crippen LogP contribution in [0.2, 0.25) is 0 Å². The van der Waals surface area contributed by atoms with Crippen LogP contribution in [-0.4, -0.2) is 48.0 Å². The molecule has 0 aromatic heterocycles. The highest BCUT2D eigenvalue weighted by Gasteiger charge is 2.45. The highest BCUT2D eigenvalue weighted by atomic mass is 32.2. The average Bonchev–Trinajstić information content (AvgIpc) is 2.99. The third kappa shape index (κ3) is 4.83. The molecule has 6 atom stereocenters. The van der Waals surface area contributed by atoms with Gasteiger partial charge in [0.05, 0.1) is 17.9 Å². The zero-order valence-electron chi connectivity index (χ0n) is 14.3. The van der Waals surface area contributed by atoms with Gasteiger partial charge in [0.25, 0.3) is 0 Å². The summed E-state index contributed by atoms with van der Waals surface area (Å²) >= 11 is 1.33. The molecular weight excluding hydrogens is 354 g/mol. The number of alkyl halides is 2. The molecule has 25 heavy (non-hydrogen) atoms. The van der Waals surface area contributed by atoms with Gasteiger partial charge < -0.3 is 10.1 Å². The molecule has 1 heterocycles. The number of nitrogens with one attached hydrogen (secondary N) is 2. The van der Waals surface area contributed by atoms with Crippen LogP contribution in [0.25, 0.3) is 0 Å². The maximum Gasteiger partial charge on any atom is 0.413 e. The average molecular weight is 378 g/mol. The molecule has 2 aliphatic rings. The minimum atomic E-state index is -1.54. The number of amides is 3. The molecule has 6 unspecified atom stereocenters. The zero-order valence-corrected chi connectivity index (χ0v) is 15.1. The van der Waals surface area contributed by atoms with Crippen LogP contribution in [0.1, 0.15) is 33.1 Å². The number of rotatable bonds is 4. The van der Waals surface area contributed by atoms with Crippen LogP contribution >= 0.6 is 11.8 Å². The molecule has 142 valence electrons. The molecular formula is C16H24F2N2O4S. The highest BCUT2D eigenvalue weighted by Crippen LogP contribution is 2.36. The summed E-state index contributed by atoms with van der Waals surface area (Å²) < 4.78 is 33.0. The Bertz CT molecular complexity index is 522. The number of hydrogen-bond acceptors (Lipinski definition) is 5. The molecule has 3 amide bonds. The number of carbonyl (C=O) groups is 3. The molecule has 9 heteroatoms. The molecule has 0 aromatic rings. The minimum absolute atomic E-state index is 0.133. The first-order valence-corrected chi connectivity index (χ1v) is 9.57. The fourth-order valence-electron chi connectivity index (χ4n) is 3.22. The number of hydrogen-bond donors (Lipinski definition) is 2. The van der Waals surface area contributed by atoms with E-state index < -0.39 is 47.5 Å². The van der Waals surface area contributed by atoms with E-state index in [2.05, 4.69) is 15.4 Å². The van der Waals surface area contributed by atoms with Crippen molar-refractivity contribution in [3.63, 3.8) is 0 Å². The second-order valence-electron chi connectivity index (χ2n) is 6.45. The lowest BCUT2D eigenvalue weighted by Gasteiger charge is -2.33. The topological polar surface area (TPSA) is 84.5 Å². The lowest BCUT2D eigenvalue weighted by Crippen LogP contribution is -2.51. The van der Waals surface area contributed by atoms with Gasteiger partial charge in [-0.1, -0.05) is 6.92 Å². The van der Waals surface area contributed by atoms with E-state index in [9.17, 15) is 23.2 Å². The van der Waals surface area contributed by atoms with Crippen molar-refractivity contribution in [1.29, 1.82) is 0 Å². The normalized spacial score (nSPS) is 35.0. The third-order valence-electron chi connectivity index (χ3n) is 4.69. The second kappa shape index (κ2) is 8.82. The number of halogens is 2. The predicted octanol–water partition coefficient (Wildman–Crippen LogP) is 2.18. The first-order chi connectivity index (χ1) is 11.8. The van der Waals surface area contributed by atoms with Crippen LogP contribution < -0.4 is 10.6 Å². The van der Waals surface area contributed by atoms with Gasteiger partial charge in [0.15, 0.2) is 0 Å². The fourth-order valence-corrected chi connectivity index (χ4v) is 4.56. The number of imide groups is 1. The van der Waals surface area contributed by atoms with Gasteiger partial charge in [0.2, 0.25) is 11.8 Å². The van der Waals surface area contributed by atoms with Crippen LogP contribution in [0.3, 0.4) is 0 Å². The predicted molar refractivity (Wildman–Crippen MR) is 89.3 cm³/mol. The van der Waals surface area contributed by atoms with E-state index in [1.54, 1.807) is 13.8 Å². The number of alkyl carbamates (subject to hydrolysis) is 1. The zero-order chi connectivity index (χ0) is 18.6. The van der Waals surface area contributed by atoms with Crippen molar-refractivity contribution < 1.29 is 27.9 Å². The molecule has 1 saturated carbocycles. The van der Waals surface area contributed by atoms with E-state index in [4.69, 9.17) is 0 Å². The Morgan fingerprint density at radius 2 is 1.88 bits per heavy atom. The van der Waals surface area contributed by atoms with E-state index in [0.717, 1.165) is 0 Å². The van der Waals surface area contributed by atoms with Crippen molar-refractivity contribution >= 4 is 29.7 Å². The summed E-state index contributed by atoms with van der Waals surface area (Å²) in [6.07, 6.45) is -2.88. The lowest BCUT2D eigenvalue weighted by atomic mass is 9.79. The van der Waals surface area contributed by atoms with Crippen LogP contribution in [0.15, 0.2) is 0 Å². The third-order valence-corrected chi connectivity index (χ3v) is 5.97. The summed E-state index contributed by atoms with van der Waals surface area (Å²) in [4.78, 5) is 35.9. The quantitative estimate of drug-likeness (QED) is 0.783. The smallest absolute Gasteiger partial charge is 0.413 e. The van der Waals surface area contributed by atoms with Gasteiger partial charge in [-0.15, -0.1) is 11.8 Å². The molecule has 0 aromatic carbocycles. The molecule has 1 saturated heterocycles. The highest BCUT2D eigenvalue weighted by molar-refractivity contribution is 8.00. The summed E-state index contributed by atoms with van der Waals surface area (Å²) in [5.41, 5.74) is 0. The van der Waals surface area contributed by atoms with Gasteiger partial charge in [-0.2, -0.15) is 0 Å². The summed E-state index contributed by atoms with van der Waals surface area (Å²) in [7, 11) is 0. The molecule has 0 radical (unpaired) electrons. The van der Waals surface area contributed by atoms with Crippen LogP contribution in [0, 0.1) is 17.8 Å². The molecule has 6 nitrogen and oxygen atoms in total. The van der Waals surface area contributed by atoms with Crippen molar-refractivity contribution in [2.75, 3.05) is 12.4 Å². The lowest BCUT2D eigenvalue weighted by molar-refractivity contribution is -0.133. The van der Waals surface area contributed by atoms with Crippen molar-refractivity contribution in [3.8, 4) is 0 Å². The van der Waals surface area contributed by atoms with Gasteiger partial charge in [0.1, 0.15) is 18.3 Å².